The summed E-state index contributed by atoms with van der Waals surface area (Å²) in [5, 5.41) is 11.8. The molecule has 0 aliphatic heterocycles. The summed E-state index contributed by atoms with van der Waals surface area (Å²) in [6, 6.07) is 9.23. The van der Waals surface area contributed by atoms with Crippen LogP contribution in [-0.2, 0) is 4.79 Å². The number of nitrogens with one attached hydrogen (secondary N) is 1. The monoisotopic (exact) mass is 287 g/mol. The van der Waals surface area contributed by atoms with Crippen LogP contribution in [0.15, 0.2) is 24.3 Å². The molecule has 0 aromatic heterocycles. The molecular weight excluding hydrogens is 266 g/mol. The number of Topliss-reactive ketones (excluding diaryl/α,β-unsaturated/α-hetero) is 1. The number of benzene rings is 1. The molecule has 1 amide bonds. The minimum Gasteiger partial charge on any atom is -0.376 e. The molecular formula is C16H21N3O2. The number of ketones is 1. The van der Waals surface area contributed by atoms with E-state index < -0.39 is 0 Å². The summed E-state index contributed by atoms with van der Waals surface area (Å²) in [5.74, 6) is -0.327. The molecule has 0 bridgehead atoms. The van der Waals surface area contributed by atoms with Gasteiger partial charge in [-0.05, 0) is 32.9 Å². The maximum atomic E-state index is 12.1. The van der Waals surface area contributed by atoms with Crippen LogP contribution in [0.1, 0.15) is 31.1 Å². The van der Waals surface area contributed by atoms with Crippen LogP contribution in [0.2, 0.25) is 0 Å². The van der Waals surface area contributed by atoms with Crippen molar-refractivity contribution in [3.05, 3.63) is 29.8 Å². The van der Waals surface area contributed by atoms with Crippen LogP contribution in [0.3, 0.4) is 0 Å². The molecule has 0 aliphatic rings. The first-order chi connectivity index (χ1) is 9.99. The fraction of sp³-hybridized carbons (Fsp3) is 0.438. The van der Waals surface area contributed by atoms with Crippen LogP contribution >= 0.6 is 0 Å². The zero-order chi connectivity index (χ0) is 15.8. The first-order valence-electron chi connectivity index (χ1n) is 7.00. The van der Waals surface area contributed by atoms with E-state index in [0.717, 1.165) is 0 Å². The Morgan fingerprint density at radius 1 is 1.38 bits per heavy atom. The first-order valence-corrected chi connectivity index (χ1v) is 7.00. The predicted octanol–water partition coefficient (Wildman–Crippen LogP) is 2.31. The standard InChI is InChI=1S/C16H21N3O2/c1-4-19(11-12(2)9-17)16(21)10-18-15-8-6-5-7-14(15)13(3)20/h5-8,12,18H,4,10-11H2,1-3H3. The van der Waals surface area contributed by atoms with Gasteiger partial charge in [0.25, 0.3) is 0 Å². The van der Waals surface area contributed by atoms with Crippen LogP contribution in [0.4, 0.5) is 5.69 Å². The van der Waals surface area contributed by atoms with Gasteiger partial charge in [-0.3, -0.25) is 9.59 Å². The number of carbonyl (C=O) groups excluding carboxylic acids is 2. The van der Waals surface area contributed by atoms with E-state index >= 15 is 0 Å². The van der Waals surface area contributed by atoms with Gasteiger partial charge in [0.1, 0.15) is 0 Å². The lowest BCUT2D eigenvalue weighted by Crippen LogP contribution is -2.38. The highest BCUT2D eigenvalue weighted by Crippen LogP contribution is 2.15. The molecule has 0 fully saturated rings. The fourth-order valence-electron chi connectivity index (χ4n) is 2.01. The fourth-order valence-corrected chi connectivity index (χ4v) is 2.01. The summed E-state index contributed by atoms with van der Waals surface area (Å²) in [4.78, 5) is 25.3. The van der Waals surface area contributed by atoms with Crippen LogP contribution in [0.25, 0.3) is 0 Å². The lowest BCUT2D eigenvalue weighted by molar-refractivity contribution is -0.129. The van der Waals surface area contributed by atoms with E-state index in [1.54, 1.807) is 30.0 Å². The first kappa shape index (κ1) is 16.7. The normalized spacial score (nSPS) is 11.3. The highest BCUT2D eigenvalue weighted by atomic mass is 16.2. The maximum absolute atomic E-state index is 12.1. The molecule has 1 aromatic rings. The van der Waals surface area contributed by atoms with E-state index in [1.165, 1.54) is 6.92 Å². The number of carbonyl (C=O) groups is 2. The number of likely N-dealkylation sites (N-methyl/N-ethyl adjacent to an activating group) is 1. The Hall–Kier alpha value is -2.35. The van der Waals surface area contributed by atoms with Crippen molar-refractivity contribution in [1.29, 1.82) is 5.26 Å². The molecule has 0 saturated carbocycles. The number of anilines is 1. The van der Waals surface area contributed by atoms with E-state index in [-0.39, 0.29) is 24.2 Å². The number of amides is 1. The molecule has 0 radical (unpaired) electrons. The lowest BCUT2D eigenvalue weighted by atomic mass is 10.1. The van der Waals surface area contributed by atoms with E-state index in [4.69, 9.17) is 5.26 Å². The van der Waals surface area contributed by atoms with Gasteiger partial charge in [-0.15, -0.1) is 0 Å². The van der Waals surface area contributed by atoms with Gasteiger partial charge in [0, 0.05) is 24.3 Å². The van der Waals surface area contributed by atoms with Gasteiger partial charge in [-0.1, -0.05) is 12.1 Å². The molecule has 112 valence electrons. The zero-order valence-electron chi connectivity index (χ0n) is 12.7. The maximum Gasteiger partial charge on any atom is 0.241 e. The van der Waals surface area contributed by atoms with Gasteiger partial charge >= 0.3 is 0 Å². The summed E-state index contributed by atoms with van der Waals surface area (Å²) >= 11 is 0. The molecule has 5 nitrogen and oxygen atoms in total. The predicted molar refractivity (Wildman–Crippen MR) is 82.0 cm³/mol. The molecule has 0 aliphatic carbocycles. The van der Waals surface area contributed by atoms with E-state index in [1.807, 2.05) is 13.0 Å². The molecule has 5 heteroatoms. The van der Waals surface area contributed by atoms with Crippen molar-refractivity contribution in [3.63, 3.8) is 0 Å². The Kier molecular flexibility index (Phi) is 6.41. The van der Waals surface area contributed by atoms with Crippen molar-refractivity contribution in [2.45, 2.75) is 20.8 Å². The minimum absolute atomic E-state index is 0.0454. The number of nitriles is 1. The van der Waals surface area contributed by atoms with Crippen molar-refractivity contribution in [3.8, 4) is 6.07 Å². The largest absolute Gasteiger partial charge is 0.376 e. The molecule has 1 N–H and O–H groups in total. The third-order valence-corrected chi connectivity index (χ3v) is 3.19. The summed E-state index contributed by atoms with van der Waals surface area (Å²) in [7, 11) is 0. The van der Waals surface area contributed by atoms with Crippen molar-refractivity contribution < 1.29 is 9.59 Å². The quantitative estimate of drug-likeness (QED) is 0.781. The van der Waals surface area contributed by atoms with Crippen LogP contribution in [0.5, 0.6) is 0 Å². The Labute approximate surface area is 125 Å². The molecule has 1 rings (SSSR count). The second kappa shape index (κ2) is 8.05. The van der Waals surface area contributed by atoms with Gasteiger partial charge in [0.05, 0.1) is 18.5 Å². The number of hydrogen-bond acceptors (Lipinski definition) is 4. The smallest absolute Gasteiger partial charge is 0.241 e. The molecule has 1 aromatic carbocycles. The Bertz CT molecular complexity index is 549. The van der Waals surface area contributed by atoms with E-state index in [9.17, 15) is 9.59 Å². The highest BCUT2D eigenvalue weighted by molar-refractivity contribution is 6.00. The lowest BCUT2D eigenvalue weighted by Gasteiger charge is -2.22. The zero-order valence-corrected chi connectivity index (χ0v) is 12.7. The molecule has 1 atom stereocenters. The molecule has 0 saturated heterocycles. The molecule has 1 unspecified atom stereocenters. The number of rotatable bonds is 7. The Morgan fingerprint density at radius 3 is 2.62 bits per heavy atom. The van der Waals surface area contributed by atoms with Gasteiger partial charge in [-0.2, -0.15) is 5.26 Å². The number of para-hydroxylation sites is 1. The average Bonchev–Trinajstić information content (AvgIpc) is 2.49. The number of nitrogens with zero attached hydrogens (tertiary/aromatic N) is 2. The SMILES string of the molecule is CCN(CC(C)C#N)C(=O)CNc1ccccc1C(C)=O. The second-order valence-corrected chi connectivity index (χ2v) is 4.92. The topological polar surface area (TPSA) is 73.2 Å². The third-order valence-electron chi connectivity index (χ3n) is 3.19. The van der Waals surface area contributed by atoms with Crippen molar-refractivity contribution in [2.75, 3.05) is 25.0 Å². The van der Waals surface area contributed by atoms with Crippen molar-refractivity contribution >= 4 is 17.4 Å². The average molecular weight is 287 g/mol. The highest BCUT2D eigenvalue weighted by Gasteiger charge is 2.15. The van der Waals surface area contributed by atoms with Crippen LogP contribution < -0.4 is 5.32 Å². The van der Waals surface area contributed by atoms with E-state index in [0.29, 0.717) is 24.3 Å². The second-order valence-electron chi connectivity index (χ2n) is 4.92. The van der Waals surface area contributed by atoms with Gasteiger partial charge in [-0.25, -0.2) is 0 Å². The summed E-state index contributed by atoms with van der Waals surface area (Å²) < 4.78 is 0. The van der Waals surface area contributed by atoms with Gasteiger partial charge in [0.2, 0.25) is 5.91 Å². The molecule has 21 heavy (non-hydrogen) atoms. The van der Waals surface area contributed by atoms with Gasteiger partial charge < -0.3 is 10.2 Å². The van der Waals surface area contributed by atoms with Crippen LogP contribution in [0, 0.1) is 17.2 Å². The summed E-state index contributed by atoms with van der Waals surface area (Å²) in [6.45, 7) is 6.24. The van der Waals surface area contributed by atoms with E-state index in [2.05, 4.69) is 11.4 Å². The van der Waals surface area contributed by atoms with Crippen LogP contribution in [-0.4, -0.2) is 36.2 Å². The summed E-state index contributed by atoms with van der Waals surface area (Å²) in [5.41, 5.74) is 1.22. The Balaban J connectivity index is 2.68. The summed E-state index contributed by atoms with van der Waals surface area (Å²) in [6.07, 6.45) is 0. The molecule has 0 heterocycles. The minimum atomic E-state index is -0.196. The molecule has 0 spiro atoms. The Morgan fingerprint density at radius 2 is 2.05 bits per heavy atom. The van der Waals surface area contributed by atoms with Gasteiger partial charge in [0.15, 0.2) is 5.78 Å². The van der Waals surface area contributed by atoms with Crippen molar-refractivity contribution in [1.82, 2.24) is 4.90 Å². The van der Waals surface area contributed by atoms with Crippen molar-refractivity contribution in [2.24, 2.45) is 5.92 Å². The third kappa shape index (κ3) is 4.92. The number of hydrogen-bond donors (Lipinski definition) is 1.